The molecule has 0 amide bonds. The van der Waals surface area contributed by atoms with Gasteiger partial charge in [0.1, 0.15) is 0 Å². The number of anilines is 1. The van der Waals surface area contributed by atoms with E-state index in [9.17, 15) is 4.79 Å². The Balaban J connectivity index is 2.26. The lowest BCUT2D eigenvalue weighted by Crippen LogP contribution is -2.09. The third kappa shape index (κ3) is 1.80. The lowest BCUT2D eigenvalue weighted by Gasteiger charge is -2.05. The highest BCUT2D eigenvalue weighted by atomic mass is 32.1. The minimum absolute atomic E-state index is 0.264. The summed E-state index contributed by atoms with van der Waals surface area (Å²) in [5.41, 5.74) is 0.995. The number of carbonyl (C=O) groups is 1. The zero-order valence-corrected chi connectivity index (χ0v) is 9.28. The number of hydrogen-bond donors (Lipinski definition) is 1. The minimum atomic E-state index is 0.264. The van der Waals surface area contributed by atoms with Crippen molar-refractivity contribution in [2.24, 2.45) is 0 Å². The molecule has 1 aliphatic carbocycles. The van der Waals surface area contributed by atoms with Crippen LogP contribution in [0.2, 0.25) is 0 Å². The summed E-state index contributed by atoms with van der Waals surface area (Å²) >= 11 is 1.50. The molecule has 1 aromatic heterocycles. The fraction of sp³-hybridized carbons (Fsp3) is 0.600. The van der Waals surface area contributed by atoms with Crippen LogP contribution in [0.5, 0.6) is 0 Å². The van der Waals surface area contributed by atoms with Gasteiger partial charge in [-0.1, -0.05) is 11.3 Å². The number of carbonyl (C=O) groups excluding carboxylic acids is 1. The maximum atomic E-state index is 11.5. The summed E-state index contributed by atoms with van der Waals surface area (Å²) in [5.74, 6) is 0.264. The van der Waals surface area contributed by atoms with Crippen LogP contribution in [-0.2, 0) is 6.42 Å². The highest BCUT2D eigenvalue weighted by Gasteiger charge is 2.22. The number of nitrogens with one attached hydrogen (secondary N) is 1. The highest BCUT2D eigenvalue weighted by Crippen LogP contribution is 2.29. The van der Waals surface area contributed by atoms with Crippen LogP contribution >= 0.6 is 11.3 Å². The van der Waals surface area contributed by atoms with Crippen molar-refractivity contribution in [2.75, 3.05) is 5.32 Å². The fourth-order valence-electron chi connectivity index (χ4n) is 1.58. The van der Waals surface area contributed by atoms with Crippen LogP contribution in [0.15, 0.2) is 0 Å². The Morgan fingerprint density at radius 1 is 1.43 bits per heavy atom. The molecule has 0 atom stereocenters. The third-order valence-corrected chi connectivity index (χ3v) is 3.25. The van der Waals surface area contributed by atoms with Crippen LogP contribution in [0.1, 0.15) is 42.1 Å². The van der Waals surface area contributed by atoms with E-state index in [0.29, 0.717) is 12.5 Å². The average Bonchev–Trinajstić information content (AvgIpc) is 2.47. The molecule has 2 rings (SSSR count). The number of aryl methyl sites for hydroxylation is 1. The van der Waals surface area contributed by atoms with E-state index < -0.39 is 0 Å². The first-order chi connectivity index (χ1) is 6.66. The minimum Gasteiger partial charge on any atom is -0.359 e. The standard InChI is InChI=1S/C10H14N2OS/c1-6(2)11-10-12-7-4-3-5-8(13)9(7)14-10/h6H,3-5H2,1-2H3,(H,11,12). The Kier molecular flexibility index (Phi) is 2.54. The Morgan fingerprint density at radius 2 is 2.21 bits per heavy atom. The predicted octanol–water partition coefficient (Wildman–Crippen LogP) is 2.48. The number of nitrogens with zero attached hydrogens (tertiary/aromatic N) is 1. The first kappa shape index (κ1) is 9.65. The first-order valence-corrected chi connectivity index (χ1v) is 5.78. The molecule has 14 heavy (non-hydrogen) atoms. The number of thiazole rings is 1. The molecule has 76 valence electrons. The van der Waals surface area contributed by atoms with Crippen LogP contribution in [0.4, 0.5) is 5.13 Å². The normalized spacial score (nSPS) is 15.8. The van der Waals surface area contributed by atoms with Gasteiger partial charge in [-0.25, -0.2) is 4.98 Å². The molecule has 1 N–H and O–H groups in total. The Bertz CT molecular complexity index is 357. The first-order valence-electron chi connectivity index (χ1n) is 4.96. The van der Waals surface area contributed by atoms with E-state index in [0.717, 1.165) is 28.5 Å². The molecule has 0 aromatic carbocycles. The van der Waals surface area contributed by atoms with E-state index in [1.807, 2.05) is 0 Å². The molecule has 1 aromatic rings. The van der Waals surface area contributed by atoms with E-state index in [2.05, 4.69) is 24.1 Å². The predicted molar refractivity (Wildman–Crippen MR) is 58.1 cm³/mol. The van der Waals surface area contributed by atoms with Gasteiger partial charge in [0.05, 0.1) is 10.6 Å². The second-order valence-corrected chi connectivity index (χ2v) is 4.87. The van der Waals surface area contributed by atoms with Crippen molar-refractivity contribution >= 4 is 22.3 Å². The zero-order chi connectivity index (χ0) is 10.1. The number of rotatable bonds is 2. The van der Waals surface area contributed by atoms with Gasteiger partial charge in [0.15, 0.2) is 10.9 Å². The van der Waals surface area contributed by atoms with Crippen molar-refractivity contribution in [1.29, 1.82) is 0 Å². The van der Waals surface area contributed by atoms with Crippen LogP contribution in [0.3, 0.4) is 0 Å². The molecule has 1 heterocycles. The number of Topliss-reactive ketones (excluding diaryl/α,β-unsaturated/α-hetero) is 1. The Labute approximate surface area is 87.6 Å². The summed E-state index contributed by atoms with van der Waals surface area (Å²) in [6.45, 7) is 4.14. The van der Waals surface area contributed by atoms with Gasteiger partial charge in [-0.2, -0.15) is 0 Å². The Hall–Kier alpha value is -0.900. The van der Waals surface area contributed by atoms with Crippen LogP contribution < -0.4 is 5.32 Å². The quantitative estimate of drug-likeness (QED) is 0.815. The number of aromatic nitrogens is 1. The maximum Gasteiger partial charge on any atom is 0.183 e. The van der Waals surface area contributed by atoms with Gasteiger partial charge in [0, 0.05) is 12.5 Å². The van der Waals surface area contributed by atoms with Crippen LogP contribution in [0, 0.1) is 0 Å². The van der Waals surface area contributed by atoms with Crippen molar-refractivity contribution in [3.8, 4) is 0 Å². The second-order valence-electron chi connectivity index (χ2n) is 3.87. The van der Waals surface area contributed by atoms with Gasteiger partial charge >= 0.3 is 0 Å². The van der Waals surface area contributed by atoms with E-state index in [4.69, 9.17) is 0 Å². The summed E-state index contributed by atoms with van der Waals surface area (Å²) in [6, 6.07) is 0.373. The second kappa shape index (κ2) is 3.69. The molecule has 0 unspecified atom stereocenters. The lowest BCUT2D eigenvalue weighted by molar-refractivity contribution is 0.0976. The number of ketones is 1. The fourth-order valence-corrected chi connectivity index (χ4v) is 2.70. The zero-order valence-electron chi connectivity index (χ0n) is 8.46. The van der Waals surface area contributed by atoms with Gasteiger partial charge in [0.2, 0.25) is 0 Å². The van der Waals surface area contributed by atoms with Crippen molar-refractivity contribution in [3.63, 3.8) is 0 Å². The van der Waals surface area contributed by atoms with Crippen molar-refractivity contribution < 1.29 is 4.79 Å². The van der Waals surface area contributed by atoms with Gasteiger partial charge < -0.3 is 5.32 Å². The molecule has 0 saturated carbocycles. The van der Waals surface area contributed by atoms with Crippen LogP contribution in [0.25, 0.3) is 0 Å². The SMILES string of the molecule is CC(C)Nc1nc2c(s1)C(=O)CCC2. The molecule has 0 saturated heterocycles. The average molecular weight is 210 g/mol. The van der Waals surface area contributed by atoms with Crippen molar-refractivity contribution in [2.45, 2.75) is 39.2 Å². The summed E-state index contributed by atoms with van der Waals surface area (Å²) in [4.78, 5) is 16.8. The molecule has 0 fully saturated rings. The van der Waals surface area contributed by atoms with Crippen LogP contribution in [-0.4, -0.2) is 16.8 Å². The molecular formula is C10H14N2OS. The molecule has 0 aliphatic heterocycles. The van der Waals surface area contributed by atoms with E-state index in [1.54, 1.807) is 0 Å². The topological polar surface area (TPSA) is 42.0 Å². The third-order valence-electron chi connectivity index (χ3n) is 2.18. The molecule has 3 nitrogen and oxygen atoms in total. The Morgan fingerprint density at radius 3 is 2.86 bits per heavy atom. The highest BCUT2D eigenvalue weighted by molar-refractivity contribution is 7.17. The molecule has 4 heteroatoms. The molecule has 0 bridgehead atoms. The van der Waals surface area contributed by atoms with Gasteiger partial charge in [-0.05, 0) is 26.7 Å². The molecule has 1 aliphatic rings. The molecule has 0 spiro atoms. The van der Waals surface area contributed by atoms with Gasteiger partial charge in [-0.3, -0.25) is 4.79 Å². The van der Waals surface area contributed by atoms with Crippen molar-refractivity contribution in [3.05, 3.63) is 10.6 Å². The summed E-state index contributed by atoms with van der Waals surface area (Å²) in [6.07, 6.45) is 2.60. The summed E-state index contributed by atoms with van der Waals surface area (Å²) < 4.78 is 0. The number of fused-ring (bicyclic) bond motifs is 1. The lowest BCUT2D eigenvalue weighted by atomic mass is 10.0. The largest absolute Gasteiger partial charge is 0.359 e. The molecular weight excluding hydrogens is 196 g/mol. The van der Waals surface area contributed by atoms with Crippen molar-refractivity contribution in [1.82, 2.24) is 4.98 Å². The molecule has 0 radical (unpaired) electrons. The van der Waals surface area contributed by atoms with Gasteiger partial charge in [-0.15, -0.1) is 0 Å². The van der Waals surface area contributed by atoms with E-state index >= 15 is 0 Å². The summed E-state index contributed by atoms with van der Waals surface area (Å²) in [5, 5.41) is 4.13. The monoisotopic (exact) mass is 210 g/mol. The van der Waals surface area contributed by atoms with Gasteiger partial charge in [0.25, 0.3) is 0 Å². The smallest absolute Gasteiger partial charge is 0.183 e. The summed E-state index contributed by atoms with van der Waals surface area (Å²) in [7, 11) is 0. The van der Waals surface area contributed by atoms with E-state index in [1.165, 1.54) is 11.3 Å². The number of hydrogen-bond acceptors (Lipinski definition) is 4. The van der Waals surface area contributed by atoms with E-state index in [-0.39, 0.29) is 5.78 Å². The maximum absolute atomic E-state index is 11.5.